The fraction of sp³-hybridized carbons (Fsp3) is 0. The molecule has 3 N–H and O–H groups in total. The monoisotopic (exact) mass is 303 g/mol. The van der Waals surface area contributed by atoms with Crippen molar-refractivity contribution in [3.8, 4) is 0 Å². The average molecular weight is 303 g/mol. The third kappa shape index (κ3) is 2.36. The van der Waals surface area contributed by atoms with Crippen LogP contribution >= 0.6 is 0 Å². The van der Waals surface area contributed by atoms with Crippen LogP contribution < -0.4 is 5.43 Å². The minimum atomic E-state index is -0.349. The lowest BCUT2D eigenvalue weighted by atomic mass is 10.2. The highest BCUT2D eigenvalue weighted by atomic mass is 16.2. The molecule has 4 rings (SSSR count). The first-order valence-electron chi connectivity index (χ1n) is 7.15. The zero-order valence-electron chi connectivity index (χ0n) is 12.1. The Labute approximate surface area is 131 Å². The molecule has 0 saturated heterocycles. The van der Waals surface area contributed by atoms with Gasteiger partial charge in [-0.15, -0.1) is 0 Å². The molecular weight excluding hydrogens is 290 g/mol. The Balaban J connectivity index is 1.55. The maximum atomic E-state index is 12.2. The van der Waals surface area contributed by atoms with Crippen molar-refractivity contribution in [2.45, 2.75) is 0 Å². The molecule has 0 aliphatic heterocycles. The molecule has 0 fully saturated rings. The van der Waals surface area contributed by atoms with Gasteiger partial charge >= 0.3 is 0 Å². The molecule has 0 saturated carbocycles. The highest BCUT2D eigenvalue weighted by Gasteiger charge is 2.12. The number of fused-ring (bicyclic) bond motifs is 2. The summed E-state index contributed by atoms with van der Waals surface area (Å²) in [6.07, 6.45) is 3.47. The minimum Gasteiger partial charge on any atom is -0.361 e. The molecule has 2 heterocycles. The van der Waals surface area contributed by atoms with Crippen molar-refractivity contribution in [2.24, 2.45) is 5.10 Å². The Kier molecular flexibility index (Phi) is 3.12. The number of rotatable bonds is 3. The standard InChI is InChI=1S/C17H13N5O/c23-17(16-13-6-2-4-8-15(13)20-21-16)22-19-10-11-9-18-14-7-3-1-5-12(11)14/h1-10,18H,(H,20,21)(H,22,23)/b19-10+. The predicted octanol–water partition coefficient (Wildman–Crippen LogP) is 2.81. The number of para-hydroxylation sites is 2. The van der Waals surface area contributed by atoms with E-state index >= 15 is 0 Å². The molecule has 6 heteroatoms. The van der Waals surface area contributed by atoms with Gasteiger partial charge in [0.15, 0.2) is 5.69 Å². The molecule has 2 aromatic carbocycles. The van der Waals surface area contributed by atoms with E-state index in [1.165, 1.54) is 0 Å². The molecule has 0 spiro atoms. The van der Waals surface area contributed by atoms with Crippen molar-refractivity contribution >= 4 is 33.9 Å². The summed E-state index contributed by atoms with van der Waals surface area (Å²) in [5.41, 5.74) is 5.60. The number of carbonyl (C=O) groups is 1. The van der Waals surface area contributed by atoms with Gasteiger partial charge in [-0.1, -0.05) is 36.4 Å². The Morgan fingerprint density at radius 1 is 1.04 bits per heavy atom. The van der Waals surface area contributed by atoms with Gasteiger partial charge in [0.05, 0.1) is 11.7 Å². The molecule has 0 aliphatic rings. The molecule has 0 bridgehead atoms. The van der Waals surface area contributed by atoms with E-state index in [1.54, 1.807) is 6.21 Å². The smallest absolute Gasteiger partial charge is 0.292 e. The molecule has 0 unspecified atom stereocenters. The predicted molar refractivity (Wildman–Crippen MR) is 89.5 cm³/mol. The highest BCUT2D eigenvalue weighted by Crippen LogP contribution is 2.16. The van der Waals surface area contributed by atoms with E-state index in [2.05, 4.69) is 25.7 Å². The van der Waals surface area contributed by atoms with Crippen LogP contribution in [-0.2, 0) is 0 Å². The number of amides is 1. The van der Waals surface area contributed by atoms with Gasteiger partial charge in [-0.2, -0.15) is 10.2 Å². The second-order valence-corrected chi connectivity index (χ2v) is 5.11. The Bertz CT molecular complexity index is 1030. The largest absolute Gasteiger partial charge is 0.361 e. The first-order valence-corrected chi connectivity index (χ1v) is 7.15. The fourth-order valence-electron chi connectivity index (χ4n) is 2.55. The van der Waals surface area contributed by atoms with Crippen LogP contribution in [0.15, 0.2) is 59.8 Å². The SMILES string of the molecule is O=C(N/N=C/c1c[nH]c2ccccc12)c1n[nH]c2ccccc12. The number of hydrazone groups is 1. The van der Waals surface area contributed by atoms with E-state index < -0.39 is 0 Å². The zero-order chi connectivity index (χ0) is 15.6. The quantitative estimate of drug-likeness (QED) is 0.401. The van der Waals surface area contributed by atoms with Gasteiger partial charge < -0.3 is 4.98 Å². The average Bonchev–Trinajstić information content (AvgIpc) is 3.19. The molecule has 0 radical (unpaired) electrons. The van der Waals surface area contributed by atoms with Gasteiger partial charge in [0.2, 0.25) is 0 Å². The Morgan fingerprint density at radius 2 is 1.78 bits per heavy atom. The second-order valence-electron chi connectivity index (χ2n) is 5.11. The summed E-state index contributed by atoms with van der Waals surface area (Å²) in [5, 5.41) is 12.7. The van der Waals surface area contributed by atoms with Gasteiger partial charge in [0.1, 0.15) is 0 Å². The van der Waals surface area contributed by atoms with E-state index in [4.69, 9.17) is 0 Å². The van der Waals surface area contributed by atoms with Crippen LogP contribution in [0.5, 0.6) is 0 Å². The Hall–Kier alpha value is -3.41. The molecule has 112 valence electrons. The summed E-state index contributed by atoms with van der Waals surface area (Å²) < 4.78 is 0. The summed E-state index contributed by atoms with van der Waals surface area (Å²) in [6, 6.07) is 15.4. The van der Waals surface area contributed by atoms with E-state index in [1.807, 2.05) is 54.7 Å². The molecular formula is C17H13N5O. The van der Waals surface area contributed by atoms with E-state index in [-0.39, 0.29) is 5.91 Å². The van der Waals surface area contributed by atoms with Gasteiger partial charge in [-0.05, 0) is 12.1 Å². The topological polar surface area (TPSA) is 85.9 Å². The van der Waals surface area contributed by atoms with Crippen molar-refractivity contribution in [1.82, 2.24) is 20.6 Å². The van der Waals surface area contributed by atoms with Crippen LogP contribution in [0.25, 0.3) is 21.8 Å². The number of aromatic amines is 2. The summed E-state index contributed by atoms with van der Waals surface area (Å²) in [4.78, 5) is 15.4. The number of hydrogen-bond acceptors (Lipinski definition) is 3. The minimum absolute atomic E-state index is 0.330. The number of hydrogen-bond donors (Lipinski definition) is 3. The molecule has 23 heavy (non-hydrogen) atoms. The van der Waals surface area contributed by atoms with Crippen LogP contribution in [0.4, 0.5) is 0 Å². The number of aromatic nitrogens is 3. The van der Waals surface area contributed by atoms with Gasteiger partial charge in [0, 0.05) is 28.0 Å². The van der Waals surface area contributed by atoms with Crippen LogP contribution in [0.3, 0.4) is 0 Å². The highest BCUT2D eigenvalue weighted by molar-refractivity contribution is 6.05. The summed E-state index contributed by atoms with van der Waals surface area (Å²) in [7, 11) is 0. The lowest BCUT2D eigenvalue weighted by Gasteiger charge is -1.96. The van der Waals surface area contributed by atoms with E-state index in [0.717, 1.165) is 27.4 Å². The summed E-state index contributed by atoms with van der Waals surface area (Å²) in [5.74, 6) is -0.349. The number of nitrogens with one attached hydrogen (secondary N) is 3. The molecule has 2 aromatic heterocycles. The molecule has 1 amide bonds. The molecule has 0 aliphatic carbocycles. The van der Waals surface area contributed by atoms with Crippen molar-refractivity contribution in [3.05, 3.63) is 66.0 Å². The second kappa shape index (κ2) is 5.42. The first kappa shape index (κ1) is 13.3. The van der Waals surface area contributed by atoms with Crippen molar-refractivity contribution in [1.29, 1.82) is 0 Å². The maximum Gasteiger partial charge on any atom is 0.292 e. The van der Waals surface area contributed by atoms with E-state index in [9.17, 15) is 4.79 Å². The third-order valence-electron chi connectivity index (χ3n) is 3.68. The third-order valence-corrected chi connectivity index (χ3v) is 3.68. The first-order chi connectivity index (χ1) is 11.3. The maximum absolute atomic E-state index is 12.2. The summed E-state index contributed by atoms with van der Waals surface area (Å²) in [6.45, 7) is 0. The lowest BCUT2D eigenvalue weighted by Crippen LogP contribution is -2.18. The zero-order valence-corrected chi connectivity index (χ0v) is 12.1. The van der Waals surface area contributed by atoms with E-state index in [0.29, 0.717) is 5.69 Å². The van der Waals surface area contributed by atoms with Gasteiger partial charge in [-0.25, -0.2) is 5.43 Å². The molecule has 0 atom stereocenters. The Morgan fingerprint density at radius 3 is 2.65 bits per heavy atom. The summed E-state index contributed by atoms with van der Waals surface area (Å²) >= 11 is 0. The van der Waals surface area contributed by atoms with Crippen LogP contribution in [0.1, 0.15) is 16.1 Å². The normalized spacial score (nSPS) is 11.5. The number of carbonyl (C=O) groups excluding carboxylic acids is 1. The van der Waals surface area contributed by atoms with Crippen molar-refractivity contribution < 1.29 is 4.79 Å². The van der Waals surface area contributed by atoms with Crippen molar-refractivity contribution in [3.63, 3.8) is 0 Å². The molecule has 6 nitrogen and oxygen atoms in total. The lowest BCUT2D eigenvalue weighted by molar-refractivity contribution is 0.0951. The number of benzene rings is 2. The van der Waals surface area contributed by atoms with Crippen molar-refractivity contribution in [2.75, 3.05) is 0 Å². The van der Waals surface area contributed by atoms with Crippen LogP contribution in [0.2, 0.25) is 0 Å². The molecule has 4 aromatic rings. The van der Waals surface area contributed by atoms with Gasteiger partial charge in [0.25, 0.3) is 5.91 Å². The van der Waals surface area contributed by atoms with Gasteiger partial charge in [-0.3, -0.25) is 9.89 Å². The fourth-order valence-corrected chi connectivity index (χ4v) is 2.55. The number of nitrogens with zero attached hydrogens (tertiary/aromatic N) is 2. The number of H-pyrrole nitrogens is 2. The van der Waals surface area contributed by atoms with Crippen LogP contribution in [0, 0.1) is 0 Å². The van der Waals surface area contributed by atoms with Crippen LogP contribution in [-0.4, -0.2) is 27.3 Å².